The van der Waals surface area contributed by atoms with E-state index in [-0.39, 0.29) is 32.0 Å². The minimum absolute atomic E-state index is 0.0331. The van der Waals surface area contributed by atoms with Gasteiger partial charge in [-0.15, -0.1) is 0 Å². The van der Waals surface area contributed by atoms with Crippen LogP contribution in [0.1, 0.15) is 401 Å². The van der Waals surface area contributed by atoms with Crippen LogP contribution in [0.5, 0.6) is 0 Å². The Labute approximate surface area is 598 Å². The Balaban J connectivity index is 2.27. The van der Waals surface area contributed by atoms with Crippen molar-refractivity contribution in [2.24, 2.45) is 0 Å². The van der Waals surface area contributed by atoms with Gasteiger partial charge in [0.25, 0.3) is 0 Å². The Morgan fingerprint density at radius 3 is 0.896 bits per heavy atom. The van der Waals surface area contributed by atoms with Gasteiger partial charge in [0, 0.05) is 0 Å². The predicted molar refractivity (Wildman–Crippen MR) is 401 cm³/mol. The monoisotopic (exact) mass is 1560 g/mol. The van der Waals surface area contributed by atoms with Crippen molar-refractivity contribution in [2.75, 3.05) is 0 Å². The summed E-state index contributed by atoms with van der Waals surface area (Å²) >= 11 is -10.9. The van der Waals surface area contributed by atoms with Crippen molar-refractivity contribution in [3.8, 4) is 0 Å². The fraction of sp³-hybridized carbons (Fsp3) is 0.780. The van der Waals surface area contributed by atoms with Crippen LogP contribution in [0.3, 0.4) is 0 Å². The zero-order valence-corrected chi connectivity index (χ0v) is 68.0. The standard InChI is InChI=1S/3C22H38O4.2C8H17.2Sn/c3*1-2-3-4-5-6-7-8-9-10-11-12-13-14-15-16-17-18-20(22(25)26)19-21(23)24;2*1-3-5-7-8-6-4-2;;/h3*9-10,19H,2-8,11-18H2,1H3,(H,23,24)(H,25,26);2*1,3-8H2,2H3;;/q;;;;;2*+3/p-6/b2*10-9-,20-19?;10-9-,20-19-;;;;. The molecule has 12 nitrogen and oxygen atoms in total. The van der Waals surface area contributed by atoms with Gasteiger partial charge in [0.05, 0.1) is 0 Å². The van der Waals surface area contributed by atoms with Crippen LogP contribution in [0, 0.1) is 0 Å². The summed E-state index contributed by atoms with van der Waals surface area (Å²) in [7, 11) is 0. The molecule has 2 unspecified atom stereocenters. The van der Waals surface area contributed by atoms with Crippen molar-refractivity contribution in [2.45, 2.75) is 409 Å². The SMILES string of the molecule is CCCCCCCC/C=C\CCCCCCCCC1=CC(=O)[O][Sn]([CH2]CCCCCCC)([O]C(=O)/C=C(/CCCCCCCC/C=C\CCCCCCCC)C(=O)[O][Sn]2([CH2]CCCCCCC)[O]C(=O)C=C(CCCCCCCC/C=C\CCCCCCCC)C(=O)[O]2)[O]C1=O. The van der Waals surface area contributed by atoms with Crippen molar-refractivity contribution in [1.82, 2.24) is 0 Å². The second-order valence-electron chi connectivity index (χ2n) is 27.9. The van der Waals surface area contributed by atoms with E-state index in [2.05, 4.69) is 71.1 Å². The third-order valence-corrected chi connectivity index (χ3v) is 32.9. The fourth-order valence-electron chi connectivity index (χ4n) is 12.7. The van der Waals surface area contributed by atoms with E-state index in [1.54, 1.807) is 0 Å². The van der Waals surface area contributed by atoms with Crippen LogP contribution in [0.25, 0.3) is 0 Å². The fourth-order valence-corrected chi connectivity index (χ4v) is 25.7. The molecule has 0 aliphatic carbocycles. The summed E-state index contributed by atoms with van der Waals surface area (Å²) in [6, 6.07) is 0. The predicted octanol–water partition coefficient (Wildman–Crippen LogP) is 24.9. The van der Waals surface area contributed by atoms with E-state index in [0.29, 0.717) is 44.9 Å². The molecule has 2 aliphatic rings. The topological polar surface area (TPSA) is 158 Å². The van der Waals surface area contributed by atoms with Crippen LogP contribution < -0.4 is 0 Å². The van der Waals surface area contributed by atoms with Crippen LogP contribution in [-0.4, -0.2) is 75.1 Å². The first-order valence-corrected chi connectivity index (χ1v) is 51.4. The molecule has 0 saturated heterocycles. The van der Waals surface area contributed by atoms with Crippen molar-refractivity contribution < 1.29 is 47.2 Å². The van der Waals surface area contributed by atoms with Gasteiger partial charge in [-0.05, 0) is 38.5 Å². The molecule has 0 fully saturated rings. The molecule has 0 saturated carbocycles. The second-order valence-corrected chi connectivity index (χ2v) is 42.1. The van der Waals surface area contributed by atoms with Gasteiger partial charge >= 0.3 is 429 Å². The number of rotatable bonds is 66. The molecule has 0 aromatic rings. The number of unbranched alkanes of at least 4 members (excludes halogenated alkanes) is 46. The molecule has 0 bridgehead atoms. The molecule has 550 valence electrons. The first-order chi connectivity index (χ1) is 47.0. The van der Waals surface area contributed by atoms with Gasteiger partial charge < -0.3 is 0 Å². The number of hydrogen-bond donors (Lipinski definition) is 0. The molecule has 0 aromatic heterocycles. The summed E-state index contributed by atoms with van der Waals surface area (Å²) in [5, 5.41) is 0. The summed E-state index contributed by atoms with van der Waals surface area (Å²) < 4.78 is 37.4. The number of carbonyl (C=O) groups excluding carboxylic acids is 6. The Bertz CT molecular complexity index is 2220. The zero-order chi connectivity index (χ0) is 69.5. The first-order valence-electron chi connectivity index (χ1n) is 40.4. The number of carbonyl (C=O) groups is 6. The normalized spacial score (nSPS) is 17.0. The van der Waals surface area contributed by atoms with Crippen LogP contribution in [0.2, 0.25) is 8.87 Å². The molecule has 2 heterocycles. The molecule has 0 amide bonds. The van der Waals surface area contributed by atoms with Gasteiger partial charge in [0.15, 0.2) is 0 Å². The van der Waals surface area contributed by atoms with E-state index < -0.39 is 75.1 Å². The Morgan fingerprint density at radius 1 is 0.323 bits per heavy atom. The maximum absolute atomic E-state index is 14.9. The van der Waals surface area contributed by atoms with E-state index >= 15 is 0 Å². The van der Waals surface area contributed by atoms with Gasteiger partial charge in [0.2, 0.25) is 0 Å². The Hall–Kier alpha value is -3.14. The van der Waals surface area contributed by atoms with Crippen molar-refractivity contribution in [1.29, 1.82) is 0 Å². The summed E-state index contributed by atoms with van der Waals surface area (Å²) in [4.78, 5) is 85.3. The number of allylic oxidation sites excluding steroid dienone is 6. The van der Waals surface area contributed by atoms with E-state index in [4.69, 9.17) is 18.4 Å². The molecule has 14 heteroatoms. The van der Waals surface area contributed by atoms with Gasteiger partial charge in [-0.25, -0.2) is 0 Å². The summed E-state index contributed by atoms with van der Waals surface area (Å²) in [6.07, 6.45) is 76.8. The third-order valence-electron chi connectivity index (χ3n) is 18.7. The summed E-state index contributed by atoms with van der Waals surface area (Å²) in [5.41, 5.74) is 0.395. The van der Waals surface area contributed by atoms with Crippen LogP contribution in [-0.2, 0) is 47.2 Å². The van der Waals surface area contributed by atoms with Crippen LogP contribution in [0.4, 0.5) is 0 Å². The van der Waals surface area contributed by atoms with E-state index in [1.807, 2.05) is 0 Å². The summed E-state index contributed by atoms with van der Waals surface area (Å²) in [6.45, 7) is 11.1. The third kappa shape index (κ3) is 48.6. The molecular formula is C82H142O12Sn2. The molecule has 2 atom stereocenters. The zero-order valence-electron chi connectivity index (χ0n) is 62.3. The molecule has 96 heavy (non-hydrogen) atoms. The van der Waals surface area contributed by atoms with E-state index in [9.17, 15) is 28.8 Å². The van der Waals surface area contributed by atoms with Crippen LogP contribution >= 0.6 is 0 Å². The van der Waals surface area contributed by atoms with E-state index in [0.717, 1.165) is 192 Å². The molecule has 0 spiro atoms. The van der Waals surface area contributed by atoms with Gasteiger partial charge in [0.1, 0.15) is 0 Å². The van der Waals surface area contributed by atoms with Gasteiger partial charge in [-0.2, -0.15) is 0 Å². The van der Waals surface area contributed by atoms with Crippen molar-refractivity contribution >= 4 is 75.1 Å². The molecular weight excluding hydrogens is 1410 g/mol. The average Bonchev–Trinajstić information content (AvgIpc) is 1.58. The molecule has 2 rings (SSSR count). The average molecular weight is 1560 g/mol. The molecule has 0 radical (unpaired) electrons. The first kappa shape index (κ1) is 88.9. The van der Waals surface area contributed by atoms with Crippen molar-refractivity contribution in [3.63, 3.8) is 0 Å². The minimum atomic E-state index is -5.47. The van der Waals surface area contributed by atoms with E-state index in [1.165, 1.54) is 141 Å². The molecule has 0 N–H and O–H groups in total. The second kappa shape index (κ2) is 62.8. The maximum atomic E-state index is 14.9. The quantitative estimate of drug-likeness (QED) is 0.0246. The van der Waals surface area contributed by atoms with Gasteiger partial charge in [-0.1, -0.05) is 135 Å². The number of hydrogen-bond acceptors (Lipinski definition) is 12. The Morgan fingerprint density at radius 2 is 0.583 bits per heavy atom. The van der Waals surface area contributed by atoms with Crippen molar-refractivity contribution in [3.05, 3.63) is 71.4 Å². The Kier molecular flexibility index (Phi) is 58.2. The molecule has 0 aromatic carbocycles. The van der Waals surface area contributed by atoms with Crippen LogP contribution in [0.15, 0.2) is 71.4 Å². The van der Waals surface area contributed by atoms with Gasteiger partial charge in [-0.3, -0.25) is 0 Å². The summed E-state index contributed by atoms with van der Waals surface area (Å²) in [5.74, 6) is -4.78. The molecule has 2 aliphatic heterocycles.